The highest BCUT2D eigenvalue weighted by Crippen LogP contribution is 2.23. The maximum atomic E-state index is 9.81. The summed E-state index contributed by atoms with van der Waals surface area (Å²) in [5.74, 6) is 0.285. The minimum absolute atomic E-state index is 0.285. The van der Waals surface area contributed by atoms with Crippen LogP contribution in [0.2, 0.25) is 0 Å². The Bertz CT molecular complexity index is 572. The minimum atomic E-state index is 0.285. The molecule has 0 heterocycles. The summed E-state index contributed by atoms with van der Waals surface area (Å²) in [5, 5.41) is 9.81. The van der Waals surface area contributed by atoms with E-state index in [-0.39, 0.29) is 5.75 Å². The second-order valence-corrected chi connectivity index (χ2v) is 5.51. The molecule has 0 aliphatic carbocycles. The van der Waals surface area contributed by atoms with Crippen molar-refractivity contribution >= 4 is 21.6 Å². The number of aromatic hydroxyl groups is 1. The number of benzene rings is 2. The zero-order valence-electron chi connectivity index (χ0n) is 10.8. The molecule has 2 aromatic carbocycles. The van der Waals surface area contributed by atoms with Crippen LogP contribution in [0.5, 0.6) is 5.75 Å². The lowest BCUT2D eigenvalue weighted by atomic mass is 10.1. The zero-order chi connectivity index (χ0) is 13.8. The zero-order valence-corrected chi connectivity index (χ0v) is 12.4. The normalized spacial score (nSPS) is 10.9. The van der Waals surface area contributed by atoms with E-state index >= 15 is 0 Å². The molecular formula is C15H17BrN2O. The van der Waals surface area contributed by atoms with Gasteiger partial charge in [0.1, 0.15) is 5.75 Å². The highest BCUT2D eigenvalue weighted by Gasteiger charge is 2.08. The Morgan fingerprint density at radius 2 is 1.79 bits per heavy atom. The molecule has 0 aromatic heterocycles. The Balaban J connectivity index is 2.07. The standard InChI is InChI=1S/C15H17BrN2O/c1-18(9-11-4-2-3-5-14(11)16)10-12-8-13(17)6-7-15(12)19/h2-8,19H,9-10,17H2,1H3. The van der Waals surface area contributed by atoms with Crippen LogP contribution in [-0.4, -0.2) is 17.1 Å². The molecule has 0 atom stereocenters. The highest BCUT2D eigenvalue weighted by molar-refractivity contribution is 9.10. The molecule has 0 saturated heterocycles. The molecule has 2 aromatic rings. The van der Waals surface area contributed by atoms with E-state index in [1.807, 2.05) is 31.3 Å². The first-order chi connectivity index (χ1) is 9.06. The molecule has 0 saturated carbocycles. The van der Waals surface area contributed by atoms with Gasteiger partial charge < -0.3 is 10.8 Å². The van der Waals surface area contributed by atoms with Crippen LogP contribution in [0, 0.1) is 0 Å². The van der Waals surface area contributed by atoms with E-state index in [1.54, 1.807) is 12.1 Å². The minimum Gasteiger partial charge on any atom is -0.508 e. The molecule has 0 spiro atoms. The number of nitrogens with zero attached hydrogens (tertiary/aromatic N) is 1. The summed E-state index contributed by atoms with van der Waals surface area (Å²) < 4.78 is 1.10. The summed E-state index contributed by atoms with van der Waals surface area (Å²) in [6, 6.07) is 13.3. The summed E-state index contributed by atoms with van der Waals surface area (Å²) in [4.78, 5) is 2.13. The van der Waals surface area contributed by atoms with Gasteiger partial charge in [-0.05, 0) is 36.9 Å². The van der Waals surface area contributed by atoms with Gasteiger partial charge in [-0.2, -0.15) is 0 Å². The van der Waals surface area contributed by atoms with Gasteiger partial charge in [-0.25, -0.2) is 0 Å². The Hall–Kier alpha value is -1.52. The molecule has 0 aliphatic heterocycles. The lowest BCUT2D eigenvalue weighted by Crippen LogP contribution is -2.17. The van der Waals surface area contributed by atoms with Gasteiger partial charge in [0, 0.05) is 28.8 Å². The maximum Gasteiger partial charge on any atom is 0.120 e. The maximum absolute atomic E-state index is 9.81. The Morgan fingerprint density at radius 3 is 2.53 bits per heavy atom. The summed E-state index contributed by atoms with van der Waals surface area (Å²) in [6.45, 7) is 1.45. The molecule has 2 rings (SSSR count). The number of rotatable bonds is 4. The van der Waals surface area contributed by atoms with Crippen LogP contribution in [0.3, 0.4) is 0 Å². The second-order valence-electron chi connectivity index (χ2n) is 4.65. The molecule has 0 bridgehead atoms. The number of nitrogen functional groups attached to an aromatic ring is 1. The fourth-order valence-corrected chi connectivity index (χ4v) is 2.41. The van der Waals surface area contributed by atoms with Crippen molar-refractivity contribution in [2.24, 2.45) is 0 Å². The first-order valence-corrected chi connectivity index (χ1v) is 6.85. The third-order valence-electron chi connectivity index (χ3n) is 2.94. The average molecular weight is 321 g/mol. The lowest BCUT2D eigenvalue weighted by Gasteiger charge is -2.18. The number of phenols is 1. The van der Waals surface area contributed by atoms with Crippen molar-refractivity contribution < 1.29 is 5.11 Å². The van der Waals surface area contributed by atoms with Crippen molar-refractivity contribution in [1.29, 1.82) is 0 Å². The average Bonchev–Trinajstić information content (AvgIpc) is 2.37. The third-order valence-corrected chi connectivity index (χ3v) is 3.72. The van der Waals surface area contributed by atoms with E-state index in [0.717, 1.165) is 16.6 Å². The van der Waals surface area contributed by atoms with E-state index in [0.29, 0.717) is 12.2 Å². The quantitative estimate of drug-likeness (QED) is 0.670. The monoisotopic (exact) mass is 320 g/mol. The summed E-state index contributed by atoms with van der Waals surface area (Å²) in [5.41, 5.74) is 8.47. The van der Waals surface area contributed by atoms with Gasteiger partial charge in [0.05, 0.1) is 0 Å². The number of hydrogen-bond donors (Lipinski definition) is 2. The first-order valence-electron chi connectivity index (χ1n) is 6.05. The number of phenolic OH excluding ortho intramolecular Hbond substituents is 1. The SMILES string of the molecule is CN(Cc1cc(N)ccc1O)Cc1ccccc1Br. The van der Waals surface area contributed by atoms with Crippen LogP contribution in [0.25, 0.3) is 0 Å². The number of nitrogens with two attached hydrogens (primary N) is 1. The van der Waals surface area contributed by atoms with E-state index in [2.05, 4.69) is 26.9 Å². The van der Waals surface area contributed by atoms with Crippen molar-refractivity contribution in [3.05, 3.63) is 58.1 Å². The van der Waals surface area contributed by atoms with Gasteiger partial charge in [-0.3, -0.25) is 4.90 Å². The van der Waals surface area contributed by atoms with Crippen molar-refractivity contribution in [2.45, 2.75) is 13.1 Å². The molecule has 4 heteroatoms. The molecule has 100 valence electrons. The van der Waals surface area contributed by atoms with Gasteiger partial charge in [-0.15, -0.1) is 0 Å². The molecule has 3 N–H and O–H groups in total. The van der Waals surface area contributed by atoms with Gasteiger partial charge in [-0.1, -0.05) is 34.1 Å². The molecule has 0 fully saturated rings. The fraction of sp³-hybridized carbons (Fsp3) is 0.200. The molecule has 0 radical (unpaired) electrons. The van der Waals surface area contributed by atoms with Crippen LogP contribution >= 0.6 is 15.9 Å². The smallest absolute Gasteiger partial charge is 0.120 e. The molecule has 0 aliphatic rings. The summed E-state index contributed by atoms with van der Waals surface area (Å²) >= 11 is 3.54. The first kappa shape index (κ1) is 13.9. The molecule has 19 heavy (non-hydrogen) atoms. The van der Waals surface area contributed by atoms with Crippen LogP contribution in [0.15, 0.2) is 46.9 Å². The van der Waals surface area contributed by atoms with Crippen LogP contribution < -0.4 is 5.73 Å². The predicted octanol–water partition coefficient (Wildman–Crippen LogP) is 3.37. The van der Waals surface area contributed by atoms with Gasteiger partial charge >= 0.3 is 0 Å². The molecule has 3 nitrogen and oxygen atoms in total. The molecule has 0 amide bonds. The van der Waals surface area contributed by atoms with Crippen molar-refractivity contribution in [2.75, 3.05) is 12.8 Å². The van der Waals surface area contributed by atoms with Crippen LogP contribution in [0.4, 0.5) is 5.69 Å². The topological polar surface area (TPSA) is 49.5 Å². The van der Waals surface area contributed by atoms with E-state index in [4.69, 9.17) is 5.73 Å². The third kappa shape index (κ3) is 3.72. The van der Waals surface area contributed by atoms with Crippen molar-refractivity contribution in [1.82, 2.24) is 4.90 Å². The number of anilines is 1. The van der Waals surface area contributed by atoms with Crippen molar-refractivity contribution in [3.8, 4) is 5.75 Å². The predicted molar refractivity (Wildman–Crippen MR) is 81.8 cm³/mol. The Labute approximate surface area is 121 Å². The summed E-state index contributed by atoms with van der Waals surface area (Å²) in [7, 11) is 2.02. The molecular weight excluding hydrogens is 304 g/mol. The van der Waals surface area contributed by atoms with Crippen LogP contribution in [-0.2, 0) is 13.1 Å². The molecule has 0 unspecified atom stereocenters. The van der Waals surface area contributed by atoms with E-state index < -0.39 is 0 Å². The Morgan fingerprint density at radius 1 is 1.11 bits per heavy atom. The van der Waals surface area contributed by atoms with Crippen LogP contribution in [0.1, 0.15) is 11.1 Å². The lowest BCUT2D eigenvalue weighted by molar-refractivity contribution is 0.312. The van der Waals surface area contributed by atoms with E-state index in [9.17, 15) is 5.11 Å². The second kappa shape index (κ2) is 6.08. The number of halogens is 1. The summed E-state index contributed by atoms with van der Waals surface area (Å²) in [6.07, 6.45) is 0. The number of hydrogen-bond acceptors (Lipinski definition) is 3. The van der Waals surface area contributed by atoms with E-state index in [1.165, 1.54) is 5.56 Å². The van der Waals surface area contributed by atoms with Gasteiger partial charge in [0.2, 0.25) is 0 Å². The van der Waals surface area contributed by atoms with Gasteiger partial charge in [0.15, 0.2) is 0 Å². The Kier molecular flexibility index (Phi) is 4.45. The van der Waals surface area contributed by atoms with Gasteiger partial charge in [0.25, 0.3) is 0 Å². The van der Waals surface area contributed by atoms with Crippen molar-refractivity contribution in [3.63, 3.8) is 0 Å². The fourth-order valence-electron chi connectivity index (χ4n) is 2.00. The largest absolute Gasteiger partial charge is 0.508 e. The highest BCUT2D eigenvalue weighted by atomic mass is 79.9.